The second kappa shape index (κ2) is 8.45. The second-order valence-electron chi connectivity index (χ2n) is 8.94. The monoisotopic (exact) mass is 413 g/mol. The van der Waals surface area contributed by atoms with Crippen molar-refractivity contribution in [2.75, 3.05) is 11.4 Å². The second-order valence-corrected chi connectivity index (χ2v) is 8.94. The lowest BCUT2D eigenvalue weighted by Gasteiger charge is -2.38. The third-order valence-electron chi connectivity index (χ3n) is 5.31. The van der Waals surface area contributed by atoms with Crippen molar-refractivity contribution in [2.24, 2.45) is 0 Å². The summed E-state index contributed by atoms with van der Waals surface area (Å²) in [5, 5.41) is 2.97. The number of piperidine rings is 1. The topological polar surface area (TPSA) is 100 Å². The fourth-order valence-corrected chi connectivity index (χ4v) is 3.60. The summed E-state index contributed by atoms with van der Waals surface area (Å²) in [5.41, 5.74) is 1.48. The van der Waals surface area contributed by atoms with Gasteiger partial charge in [-0.1, -0.05) is 0 Å². The van der Waals surface area contributed by atoms with Crippen molar-refractivity contribution in [2.45, 2.75) is 72.1 Å². The molecule has 30 heavy (non-hydrogen) atoms. The zero-order valence-electron chi connectivity index (χ0n) is 18.6. The molecule has 162 valence electrons. The highest BCUT2D eigenvalue weighted by Gasteiger charge is 2.28. The maximum atomic E-state index is 12.0. The average molecular weight is 414 g/mol. The number of carbonyl (C=O) groups excluding carboxylic acids is 1. The molecule has 0 bridgehead atoms. The van der Waals surface area contributed by atoms with Crippen LogP contribution in [0.3, 0.4) is 0 Å². The minimum Gasteiger partial charge on any atom is -0.444 e. The molecule has 1 fully saturated rings. The van der Waals surface area contributed by atoms with Gasteiger partial charge in [0.1, 0.15) is 17.2 Å². The SMILES string of the molecule is Cc1nc(-c2ccc(N3CCC(NC(=O)OC(C)(C)C)CC3C)nc2)[nH]c(=O)c1C. The van der Waals surface area contributed by atoms with Crippen LogP contribution >= 0.6 is 0 Å². The van der Waals surface area contributed by atoms with E-state index in [9.17, 15) is 9.59 Å². The normalized spacial score (nSPS) is 19.5. The number of aryl methyl sites for hydroxylation is 1. The predicted octanol–water partition coefficient (Wildman–Crippen LogP) is 3.33. The van der Waals surface area contributed by atoms with Gasteiger partial charge in [-0.2, -0.15) is 0 Å². The Bertz CT molecular complexity index is 962. The van der Waals surface area contributed by atoms with Crippen molar-refractivity contribution in [3.8, 4) is 11.4 Å². The molecule has 8 nitrogen and oxygen atoms in total. The molecule has 2 N–H and O–H groups in total. The molecule has 3 rings (SSSR count). The van der Waals surface area contributed by atoms with Crippen LogP contribution in [-0.2, 0) is 4.74 Å². The number of hydrogen-bond donors (Lipinski definition) is 2. The number of carbonyl (C=O) groups is 1. The van der Waals surface area contributed by atoms with Crippen molar-refractivity contribution in [1.29, 1.82) is 0 Å². The quantitative estimate of drug-likeness (QED) is 0.801. The summed E-state index contributed by atoms with van der Waals surface area (Å²) in [5.74, 6) is 1.39. The van der Waals surface area contributed by atoms with E-state index in [0.717, 1.165) is 30.8 Å². The van der Waals surface area contributed by atoms with Gasteiger partial charge in [-0.25, -0.2) is 14.8 Å². The lowest BCUT2D eigenvalue weighted by molar-refractivity contribution is 0.0494. The van der Waals surface area contributed by atoms with E-state index in [2.05, 4.69) is 32.1 Å². The molecule has 0 radical (unpaired) electrons. The Morgan fingerprint density at radius 3 is 2.60 bits per heavy atom. The third kappa shape index (κ3) is 5.17. The Morgan fingerprint density at radius 2 is 2.03 bits per heavy atom. The van der Waals surface area contributed by atoms with Crippen LogP contribution in [0.4, 0.5) is 10.6 Å². The first-order valence-corrected chi connectivity index (χ1v) is 10.3. The summed E-state index contributed by atoms with van der Waals surface area (Å²) in [7, 11) is 0. The smallest absolute Gasteiger partial charge is 0.407 e. The van der Waals surface area contributed by atoms with Crippen LogP contribution in [0, 0.1) is 13.8 Å². The molecule has 1 aliphatic heterocycles. The van der Waals surface area contributed by atoms with Crippen molar-refractivity contribution >= 4 is 11.9 Å². The number of nitrogens with one attached hydrogen (secondary N) is 2. The Morgan fingerprint density at radius 1 is 1.30 bits per heavy atom. The minimum atomic E-state index is -0.503. The van der Waals surface area contributed by atoms with Gasteiger partial charge in [0.05, 0.1) is 0 Å². The molecule has 8 heteroatoms. The third-order valence-corrected chi connectivity index (χ3v) is 5.31. The number of amides is 1. The van der Waals surface area contributed by atoms with Crippen molar-refractivity contribution in [3.05, 3.63) is 39.9 Å². The van der Waals surface area contributed by atoms with E-state index >= 15 is 0 Å². The molecule has 0 aromatic carbocycles. The molecule has 2 unspecified atom stereocenters. The van der Waals surface area contributed by atoms with Gasteiger partial charge >= 0.3 is 6.09 Å². The maximum Gasteiger partial charge on any atom is 0.407 e. The summed E-state index contributed by atoms with van der Waals surface area (Å²) in [6, 6.07) is 4.17. The molecule has 0 saturated carbocycles. The Balaban J connectivity index is 1.65. The van der Waals surface area contributed by atoms with Crippen molar-refractivity contribution in [3.63, 3.8) is 0 Å². The summed E-state index contributed by atoms with van der Waals surface area (Å²) < 4.78 is 5.36. The van der Waals surface area contributed by atoms with E-state index in [4.69, 9.17) is 4.74 Å². The zero-order valence-corrected chi connectivity index (χ0v) is 18.6. The fraction of sp³-hybridized carbons (Fsp3) is 0.545. The number of ether oxygens (including phenoxy) is 1. The van der Waals surface area contributed by atoms with E-state index in [1.54, 1.807) is 13.1 Å². The molecular formula is C22H31N5O3. The number of alkyl carbamates (subject to hydrolysis) is 1. The highest BCUT2D eigenvalue weighted by Crippen LogP contribution is 2.25. The summed E-state index contributed by atoms with van der Waals surface area (Å²) in [6.45, 7) is 12.1. The first-order valence-electron chi connectivity index (χ1n) is 10.3. The number of aromatic amines is 1. The fourth-order valence-electron chi connectivity index (χ4n) is 3.60. The van der Waals surface area contributed by atoms with Crippen LogP contribution in [0.15, 0.2) is 23.1 Å². The average Bonchev–Trinajstić information content (AvgIpc) is 2.64. The van der Waals surface area contributed by atoms with Crippen LogP contribution in [0.5, 0.6) is 0 Å². The Labute approximate surface area is 177 Å². The lowest BCUT2D eigenvalue weighted by atomic mass is 9.98. The van der Waals surface area contributed by atoms with Crippen LogP contribution in [0.1, 0.15) is 51.8 Å². The molecule has 0 aliphatic carbocycles. The first-order chi connectivity index (χ1) is 14.0. The van der Waals surface area contributed by atoms with E-state index in [0.29, 0.717) is 17.1 Å². The number of nitrogens with zero attached hydrogens (tertiary/aromatic N) is 3. The van der Waals surface area contributed by atoms with E-state index < -0.39 is 5.60 Å². The minimum absolute atomic E-state index is 0.0789. The molecule has 1 amide bonds. The van der Waals surface area contributed by atoms with Crippen molar-refractivity contribution < 1.29 is 9.53 Å². The van der Waals surface area contributed by atoms with Gasteiger partial charge in [0.2, 0.25) is 0 Å². The number of H-pyrrole nitrogens is 1. The van der Waals surface area contributed by atoms with Gasteiger partial charge < -0.3 is 19.9 Å². The van der Waals surface area contributed by atoms with Crippen molar-refractivity contribution in [1.82, 2.24) is 20.3 Å². The van der Waals surface area contributed by atoms with Gasteiger partial charge in [0, 0.05) is 41.6 Å². The summed E-state index contributed by atoms with van der Waals surface area (Å²) in [6.07, 6.45) is 3.00. The molecule has 1 aliphatic rings. The number of anilines is 1. The predicted molar refractivity (Wildman–Crippen MR) is 117 cm³/mol. The highest BCUT2D eigenvalue weighted by molar-refractivity contribution is 5.68. The van der Waals surface area contributed by atoms with Crippen LogP contribution < -0.4 is 15.8 Å². The van der Waals surface area contributed by atoms with E-state index in [-0.39, 0.29) is 23.7 Å². The zero-order chi connectivity index (χ0) is 22.1. The summed E-state index contributed by atoms with van der Waals surface area (Å²) in [4.78, 5) is 38.1. The standard InChI is InChI=1S/C22H31N5O3/c1-13-11-17(25-21(29)30-22(4,5)6)9-10-27(13)18-8-7-16(12-23-18)19-24-15(3)14(2)20(28)26-19/h7-8,12-13,17H,9-11H2,1-6H3,(H,25,29)(H,24,26,28). The van der Waals surface area contributed by atoms with Gasteiger partial charge in [-0.05, 0) is 66.5 Å². The lowest BCUT2D eigenvalue weighted by Crippen LogP contribution is -2.50. The molecule has 0 spiro atoms. The largest absolute Gasteiger partial charge is 0.444 e. The Kier molecular flexibility index (Phi) is 6.14. The number of rotatable bonds is 3. The molecular weight excluding hydrogens is 382 g/mol. The molecule has 1 saturated heterocycles. The van der Waals surface area contributed by atoms with Crippen LogP contribution in [0.25, 0.3) is 11.4 Å². The number of aromatic nitrogens is 3. The Hall–Kier alpha value is -2.90. The highest BCUT2D eigenvalue weighted by atomic mass is 16.6. The van der Waals surface area contributed by atoms with Gasteiger partial charge in [0.15, 0.2) is 0 Å². The number of pyridine rings is 1. The molecule has 2 atom stereocenters. The number of hydrogen-bond acceptors (Lipinski definition) is 6. The molecule has 2 aromatic rings. The van der Waals surface area contributed by atoms with Crippen LogP contribution in [-0.4, -0.2) is 45.3 Å². The van der Waals surface area contributed by atoms with Gasteiger partial charge in [-0.15, -0.1) is 0 Å². The van der Waals surface area contributed by atoms with Gasteiger partial charge in [0.25, 0.3) is 5.56 Å². The first kappa shape index (κ1) is 21.8. The van der Waals surface area contributed by atoms with Gasteiger partial charge in [-0.3, -0.25) is 4.79 Å². The van der Waals surface area contributed by atoms with Crippen LogP contribution in [0.2, 0.25) is 0 Å². The molecule has 3 heterocycles. The van der Waals surface area contributed by atoms with E-state index in [1.807, 2.05) is 39.8 Å². The van der Waals surface area contributed by atoms with E-state index in [1.165, 1.54) is 0 Å². The molecule has 2 aromatic heterocycles. The summed E-state index contributed by atoms with van der Waals surface area (Å²) >= 11 is 0. The maximum absolute atomic E-state index is 12.0.